The van der Waals surface area contributed by atoms with Gasteiger partial charge >= 0.3 is 0 Å². The van der Waals surface area contributed by atoms with Crippen LogP contribution in [-0.2, 0) is 6.42 Å². The molecule has 0 heteroatoms. The average Bonchev–Trinajstić information content (AvgIpc) is 2.66. The van der Waals surface area contributed by atoms with Crippen molar-refractivity contribution < 1.29 is 0 Å². The van der Waals surface area contributed by atoms with Gasteiger partial charge in [0.25, 0.3) is 0 Å². The Hall–Kier alpha value is -1.04. The van der Waals surface area contributed by atoms with Gasteiger partial charge in [0.05, 0.1) is 0 Å². The maximum absolute atomic E-state index is 2.66. The van der Waals surface area contributed by atoms with Gasteiger partial charge in [-0.2, -0.15) is 0 Å². The molecule has 2 rings (SSSR count). The molecule has 0 aromatic heterocycles. The standard InChI is InChI=1S/C25H40/c1-3-5-8-12-23-18-20-25(21-19-23)24(16-6-4-2)17-11-15-22-13-9-7-10-14-22/h7,9-10,13-14,20,23-24H,3-6,8,11-12,15-19,21H2,1-2H3. The molecular formula is C25H40. The van der Waals surface area contributed by atoms with E-state index in [-0.39, 0.29) is 0 Å². The van der Waals surface area contributed by atoms with E-state index in [9.17, 15) is 0 Å². The van der Waals surface area contributed by atoms with E-state index in [0.717, 1.165) is 11.8 Å². The molecule has 0 saturated carbocycles. The number of aryl methyl sites for hydroxylation is 1. The van der Waals surface area contributed by atoms with E-state index >= 15 is 0 Å². The zero-order valence-corrected chi connectivity index (χ0v) is 16.8. The van der Waals surface area contributed by atoms with Gasteiger partial charge in [-0.1, -0.05) is 94.4 Å². The first-order chi connectivity index (χ1) is 12.3. The van der Waals surface area contributed by atoms with E-state index in [0.29, 0.717) is 0 Å². The Morgan fingerprint density at radius 2 is 1.68 bits per heavy atom. The Morgan fingerprint density at radius 1 is 0.920 bits per heavy atom. The van der Waals surface area contributed by atoms with Crippen molar-refractivity contribution in [3.8, 4) is 0 Å². The molecule has 0 amide bonds. The molecule has 1 aromatic rings. The molecule has 0 aliphatic heterocycles. The van der Waals surface area contributed by atoms with Gasteiger partial charge < -0.3 is 0 Å². The van der Waals surface area contributed by atoms with Crippen molar-refractivity contribution in [3.63, 3.8) is 0 Å². The lowest BCUT2D eigenvalue weighted by Gasteiger charge is -2.27. The highest BCUT2D eigenvalue weighted by molar-refractivity contribution is 5.15. The van der Waals surface area contributed by atoms with Crippen LogP contribution in [0.5, 0.6) is 0 Å². The molecule has 2 unspecified atom stereocenters. The van der Waals surface area contributed by atoms with Crippen LogP contribution in [0.3, 0.4) is 0 Å². The van der Waals surface area contributed by atoms with Crippen molar-refractivity contribution in [2.24, 2.45) is 11.8 Å². The van der Waals surface area contributed by atoms with Gasteiger partial charge in [0.1, 0.15) is 0 Å². The van der Waals surface area contributed by atoms with Crippen LogP contribution in [0.1, 0.15) is 96.5 Å². The van der Waals surface area contributed by atoms with E-state index in [1.807, 2.05) is 5.57 Å². The molecule has 0 radical (unpaired) electrons. The fraction of sp³-hybridized carbons (Fsp3) is 0.680. The van der Waals surface area contributed by atoms with Crippen molar-refractivity contribution in [1.29, 1.82) is 0 Å². The van der Waals surface area contributed by atoms with E-state index in [2.05, 4.69) is 50.3 Å². The second kappa shape index (κ2) is 12.3. The molecule has 0 heterocycles. The molecule has 1 aromatic carbocycles. The summed E-state index contributed by atoms with van der Waals surface area (Å²) in [4.78, 5) is 0. The summed E-state index contributed by atoms with van der Waals surface area (Å²) in [7, 11) is 0. The summed E-state index contributed by atoms with van der Waals surface area (Å²) in [5.74, 6) is 1.84. The molecule has 25 heavy (non-hydrogen) atoms. The average molecular weight is 341 g/mol. The minimum atomic E-state index is 0.861. The van der Waals surface area contributed by atoms with E-state index < -0.39 is 0 Å². The fourth-order valence-corrected chi connectivity index (χ4v) is 4.39. The molecule has 0 nitrogen and oxygen atoms in total. The molecule has 0 spiro atoms. The van der Waals surface area contributed by atoms with Crippen LogP contribution in [0.4, 0.5) is 0 Å². The van der Waals surface area contributed by atoms with Crippen LogP contribution < -0.4 is 0 Å². The van der Waals surface area contributed by atoms with Gasteiger partial charge in [0.2, 0.25) is 0 Å². The quantitative estimate of drug-likeness (QED) is 0.266. The lowest BCUT2D eigenvalue weighted by molar-refractivity contribution is 0.384. The van der Waals surface area contributed by atoms with Gasteiger partial charge in [-0.15, -0.1) is 0 Å². The SMILES string of the molecule is CCCCCC1CC=C(C(CCCC)CCCc2ccccc2)CC1. The van der Waals surface area contributed by atoms with Crippen LogP contribution in [0.2, 0.25) is 0 Å². The second-order valence-corrected chi connectivity index (χ2v) is 8.13. The van der Waals surface area contributed by atoms with E-state index in [4.69, 9.17) is 0 Å². The third-order valence-corrected chi connectivity index (χ3v) is 6.06. The first-order valence-electron chi connectivity index (χ1n) is 11.1. The molecule has 1 aliphatic rings. The van der Waals surface area contributed by atoms with Gasteiger partial charge in [0.15, 0.2) is 0 Å². The van der Waals surface area contributed by atoms with Crippen LogP contribution >= 0.6 is 0 Å². The highest BCUT2D eigenvalue weighted by Crippen LogP contribution is 2.35. The Balaban J connectivity index is 1.80. The van der Waals surface area contributed by atoms with Gasteiger partial charge in [0, 0.05) is 0 Å². The van der Waals surface area contributed by atoms with Crippen molar-refractivity contribution in [3.05, 3.63) is 47.5 Å². The number of unbranched alkanes of at least 4 members (excludes halogenated alkanes) is 3. The summed E-state index contributed by atoms with van der Waals surface area (Å²) >= 11 is 0. The lowest BCUT2D eigenvalue weighted by atomic mass is 9.78. The second-order valence-electron chi connectivity index (χ2n) is 8.13. The number of allylic oxidation sites excluding steroid dienone is 2. The highest BCUT2D eigenvalue weighted by atomic mass is 14.3. The molecule has 0 fully saturated rings. The summed E-state index contributed by atoms with van der Waals surface area (Å²) in [6, 6.07) is 11.0. The Labute approximate surface area is 157 Å². The molecular weight excluding hydrogens is 300 g/mol. The van der Waals surface area contributed by atoms with Gasteiger partial charge in [-0.3, -0.25) is 0 Å². The van der Waals surface area contributed by atoms with Crippen LogP contribution in [0.25, 0.3) is 0 Å². The largest absolute Gasteiger partial charge is 0.0848 e. The molecule has 0 saturated heterocycles. The number of rotatable bonds is 12. The topological polar surface area (TPSA) is 0 Å². The maximum Gasteiger partial charge on any atom is -0.0203 e. The van der Waals surface area contributed by atoms with Gasteiger partial charge in [-0.25, -0.2) is 0 Å². The maximum atomic E-state index is 2.66. The minimum Gasteiger partial charge on any atom is -0.0848 e. The predicted molar refractivity (Wildman–Crippen MR) is 112 cm³/mol. The smallest absolute Gasteiger partial charge is 0.0203 e. The van der Waals surface area contributed by atoms with Crippen LogP contribution in [0.15, 0.2) is 42.0 Å². The summed E-state index contributed by atoms with van der Waals surface area (Å²) in [6.07, 6.45) is 20.7. The zero-order chi connectivity index (χ0) is 17.7. The zero-order valence-electron chi connectivity index (χ0n) is 16.8. The van der Waals surface area contributed by atoms with Crippen molar-refractivity contribution in [2.45, 2.75) is 97.3 Å². The summed E-state index contributed by atoms with van der Waals surface area (Å²) in [6.45, 7) is 4.65. The van der Waals surface area contributed by atoms with E-state index in [1.54, 1.807) is 0 Å². The van der Waals surface area contributed by atoms with Crippen molar-refractivity contribution in [1.82, 2.24) is 0 Å². The first kappa shape index (κ1) is 20.3. The molecule has 2 atom stereocenters. The van der Waals surface area contributed by atoms with Crippen molar-refractivity contribution >= 4 is 0 Å². The minimum absolute atomic E-state index is 0.861. The number of benzene rings is 1. The van der Waals surface area contributed by atoms with Gasteiger partial charge in [-0.05, 0) is 62.3 Å². The molecule has 0 N–H and O–H groups in total. The normalized spacial score (nSPS) is 18.8. The summed E-state index contributed by atoms with van der Waals surface area (Å²) in [5.41, 5.74) is 3.32. The van der Waals surface area contributed by atoms with Crippen molar-refractivity contribution in [2.75, 3.05) is 0 Å². The van der Waals surface area contributed by atoms with Crippen LogP contribution in [-0.4, -0.2) is 0 Å². The lowest BCUT2D eigenvalue weighted by Crippen LogP contribution is -2.13. The monoisotopic (exact) mass is 340 g/mol. The first-order valence-corrected chi connectivity index (χ1v) is 11.1. The third kappa shape index (κ3) is 7.80. The number of hydrogen-bond acceptors (Lipinski definition) is 0. The summed E-state index contributed by atoms with van der Waals surface area (Å²) < 4.78 is 0. The Kier molecular flexibility index (Phi) is 10.0. The fourth-order valence-electron chi connectivity index (χ4n) is 4.39. The molecule has 140 valence electrons. The predicted octanol–water partition coefficient (Wildman–Crippen LogP) is 8.12. The molecule has 1 aliphatic carbocycles. The number of hydrogen-bond donors (Lipinski definition) is 0. The Bertz CT molecular complexity index is 470. The van der Waals surface area contributed by atoms with Crippen LogP contribution in [0, 0.1) is 11.8 Å². The summed E-state index contributed by atoms with van der Waals surface area (Å²) in [5, 5.41) is 0. The third-order valence-electron chi connectivity index (χ3n) is 6.06. The van der Waals surface area contributed by atoms with E-state index in [1.165, 1.54) is 89.0 Å². The Morgan fingerprint density at radius 3 is 2.36 bits per heavy atom. The molecule has 0 bridgehead atoms. The highest BCUT2D eigenvalue weighted by Gasteiger charge is 2.20.